The van der Waals surface area contributed by atoms with Crippen molar-refractivity contribution >= 4 is 5.71 Å². The van der Waals surface area contributed by atoms with Gasteiger partial charge in [0.1, 0.15) is 5.75 Å². The van der Waals surface area contributed by atoms with Gasteiger partial charge in [0, 0.05) is 48.6 Å². The maximum atomic E-state index is 9.63. The summed E-state index contributed by atoms with van der Waals surface area (Å²) in [7, 11) is 0. The van der Waals surface area contributed by atoms with Crippen molar-refractivity contribution in [1.29, 1.82) is 0 Å². The second-order valence-corrected chi connectivity index (χ2v) is 8.47. The van der Waals surface area contributed by atoms with Crippen molar-refractivity contribution in [2.75, 3.05) is 19.6 Å². The van der Waals surface area contributed by atoms with Gasteiger partial charge in [0.2, 0.25) is 0 Å². The third kappa shape index (κ3) is 3.03. The zero-order valence-corrected chi connectivity index (χ0v) is 16.5. The van der Waals surface area contributed by atoms with Crippen LogP contribution in [0.5, 0.6) is 5.75 Å². The number of fused-ring (bicyclic) bond motifs is 1. The molecule has 1 aliphatic carbocycles. The molecule has 5 nitrogen and oxygen atoms in total. The Kier molecular flexibility index (Phi) is 4.44. The number of piperazine rings is 1. The Morgan fingerprint density at radius 3 is 2.75 bits per heavy atom. The molecule has 3 aliphatic rings. The van der Waals surface area contributed by atoms with Gasteiger partial charge in [0.25, 0.3) is 0 Å². The molecule has 1 saturated carbocycles. The van der Waals surface area contributed by atoms with Crippen LogP contribution in [0.3, 0.4) is 0 Å². The van der Waals surface area contributed by atoms with Crippen molar-refractivity contribution in [2.45, 2.75) is 51.2 Å². The molecule has 2 fully saturated rings. The van der Waals surface area contributed by atoms with Gasteiger partial charge in [-0.15, -0.1) is 0 Å². The zero-order valence-electron chi connectivity index (χ0n) is 16.5. The monoisotopic (exact) mass is 376 g/mol. The van der Waals surface area contributed by atoms with E-state index in [-0.39, 0.29) is 5.75 Å². The minimum Gasteiger partial charge on any atom is -0.508 e. The summed E-state index contributed by atoms with van der Waals surface area (Å²) >= 11 is 0. The molecule has 1 aromatic carbocycles. The lowest BCUT2D eigenvalue weighted by Gasteiger charge is -2.45. The number of nitrogens with zero attached hydrogens (tertiary/aromatic N) is 3. The van der Waals surface area contributed by atoms with Crippen LogP contribution in [-0.2, 0) is 13.1 Å². The van der Waals surface area contributed by atoms with E-state index >= 15 is 0 Å². The number of aliphatic imine (C=N–C) groups is 1. The SMILES string of the molecule is CC1=NCc2nc(-c3ccc(O)cc3)cc(CN3CCNCC34CCCC4)c21. The number of benzene rings is 1. The van der Waals surface area contributed by atoms with Gasteiger partial charge >= 0.3 is 0 Å². The number of rotatable bonds is 3. The average molecular weight is 377 g/mol. The second-order valence-electron chi connectivity index (χ2n) is 8.47. The maximum Gasteiger partial charge on any atom is 0.115 e. The Bertz CT molecular complexity index is 913. The van der Waals surface area contributed by atoms with Crippen LogP contribution >= 0.6 is 0 Å². The van der Waals surface area contributed by atoms with Crippen LogP contribution in [0.15, 0.2) is 35.3 Å². The first kappa shape index (κ1) is 17.8. The molecule has 0 bridgehead atoms. The van der Waals surface area contributed by atoms with E-state index in [1.807, 2.05) is 12.1 Å². The summed E-state index contributed by atoms with van der Waals surface area (Å²) in [5.41, 5.74) is 7.15. The number of phenolic OH excluding ortho intramolecular Hbond substituents is 1. The molecule has 1 saturated heterocycles. The van der Waals surface area contributed by atoms with Gasteiger partial charge in [-0.25, -0.2) is 0 Å². The minimum atomic E-state index is 0.285. The Labute approximate surface area is 166 Å². The number of hydrogen-bond donors (Lipinski definition) is 2. The van der Waals surface area contributed by atoms with E-state index in [0.717, 1.165) is 48.8 Å². The van der Waals surface area contributed by atoms with Crippen LogP contribution in [0.2, 0.25) is 0 Å². The second kappa shape index (κ2) is 6.98. The summed E-state index contributed by atoms with van der Waals surface area (Å²) in [4.78, 5) is 12.3. The molecule has 0 unspecified atom stereocenters. The Morgan fingerprint density at radius 2 is 1.96 bits per heavy atom. The zero-order chi connectivity index (χ0) is 19.1. The van der Waals surface area contributed by atoms with Crippen LogP contribution in [0, 0.1) is 0 Å². The van der Waals surface area contributed by atoms with Crippen LogP contribution in [-0.4, -0.2) is 45.9 Å². The quantitative estimate of drug-likeness (QED) is 0.861. The van der Waals surface area contributed by atoms with E-state index in [9.17, 15) is 5.11 Å². The number of hydrogen-bond acceptors (Lipinski definition) is 5. The van der Waals surface area contributed by atoms with E-state index in [1.54, 1.807) is 12.1 Å². The molecule has 0 radical (unpaired) electrons. The Morgan fingerprint density at radius 1 is 1.18 bits per heavy atom. The first-order chi connectivity index (χ1) is 13.6. The first-order valence-electron chi connectivity index (χ1n) is 10.4. The molecule has 2 N–H and O–H groups in total. The lowest BCUT2D eigenvalue weighted by molar-refractivity contribution is 0.0572. The van der Waals surface area contributed by atoms with Crippen LogP contribution in [0.1, 0.15) is 49.4 Å². The summed E-state index contributed by atoms with van der Waals surface area (Å²) in [5, 5.41) is 13.3. The van der Waals surface area contributed by atoms with Crippen LogP contribution in [0.4, 0.5) is 0 Å². The lowest BCUT2D eigenvalue weighted by atomic mass is 9.91. The molecule has 2 aliphatic heterocycles. The number of nitrogens with one attached hydrogen (secondary N) is 1. The highest BCUT2D eigenvalue weighted by Crippen LogP contribution is 2.38. The Balaban J connectivity index is 1.54. The maximum absolute atomic E-state index is 9.63. The molecule has 0 amide bonds. The third-order valence-electron chi connectivity index (χ3n) is 6.75. The first-order valence-corrected chi connectivity index (χ1v) is 10.4. The fourth-order valence-electron chi connectivity index (χ4n) is 5.25. The highest BCUT2D eigenvalue weighted by Gasteiger charge is 2.41. The normalized spacial score (nSPS) is 21.1. The Hall–Kier alpha value is -2.24. The molecule has 1 spiro atoms. The van der Waals surface area contributed by atoms with Gasteiger partial charge in [-0.05, 0) is 55.7 Å². The highest BCUT2D eigenvalue weighted by molar-refractivity contribution is 6.03. The molecule has 5 heteroatoms. The summed E-state index contributed by atoms with van der Waals surface area (Å²) in [6.45, 7) is 7.02. The smallest absolute Gasteiger partial charge is 0.115 e. The van der Waals surface area contributed by atoms with Crippen LogP contribution < -0.4 is 5.32 Å². The van der Waals surface area contributed by atoms with Crippen molar-refractivity contribution in [3.63, 3.8) is 0 Å². The van der Waals surface area contributed by atoms with Crippen molar-refractivity contribution < 1.29 is 5.11 Å². The molecular weight excluding hydrogens is 348 g/mol. The lowest BCUT2D eigenvalue weighted by Crippen LogP contribution is -2.59. The van der Waals surface area contributed by atoms with Crippen LogP contribution in [0.25, 0.3) is 11.3 Å². The minimum absolute atomic E-state index is 0.285. The highest BCUT2D eigenvalue weighted by atomic mass is 16.3. The van der Waals surface area contributed by atoms with Crippen molar-refractivity contribution in [3.05, 3.63) is 47.2 Å². The molecule has 1 aromatic heterocycles. The third-order valence-corrected chi connectivity index (χ3v) is 6.75. The van der Waals surface area contributed by atoms with Gasteiger partial charge in [-0.2, -0.15) is 0 Å². The molecule has 5 rings (SSSR count). The topological polar surface area (TPSA) is 60.8 Å². The van der Waals surface area contributed by atoms with E-state index in [2.05, 4.69) is 28.2 Å². The average Bonchev–Trinajstić information content (AvgIpc) is 3.32. The van der Waals surface area contributed by atoms with Gasteiger partial charge in [0.15, 0.2) is 0 Å². The van der Waals surface area contributed by atoms with Gasteiger partial charge in [-0.3, -0.25) is 14.9 Å². The van der Waals surface area contributed by atoms with E-state index in [0.29, 0.717) is 12.1 Å². The number of aromatic nitrogens is 1. The van der Waals surface area contributed by atoms with Gasteiger partial charge in [-0.1, -0.05) is 12.8 Å². The van der Waals surface area contributed by atoms with E-state index < -0.39 is 0 Å². The summed E-state index contributed by atoms with van der Waals surface area (Å²) < 4.78 is 0. The molecule has 28 heavy (non-hydrogen) atoms. The summed E-state index contributed by atoms with van der Waals surface area (Å²) in [6, 6.07) is 9.60. The largest absolute Gasteiger partial charge is 0.508 e. The molecule has 146 valence electrons. The van der Waals surface area contributed by atoms with Crippen molar-refractivity contribution in [2.24, 2.45) is 4.99 Å². The number of phenols is 1. The number of pyridine rings is 1. The summed E-state index contributed by atoms with van der Waals surface area (Å²) in [5.74, 6) is 0.285. The van der Waals surface area contributed by atoms with Crippen molar-refractivity contribution in [1.82, 2.24) is 15.2 Å². The standard InChI is InChI=1S/C23H28N4O/c1-16-22-18(14-27-11-10-24-15-23(27)8-2-3-9-23)12-20(26-21(22)13-25-16)17-4-6-19(28)7-5-17/h4-7,12,24,28H,2-3,8-11,13-15H2,1H3. The van der Waals surface area contributed by atoms with Gasteiger partial charge < -0.3 is 10.4 Å². The molecule has 2 aromatic rings. The van der Waals surface area contributed by atoms with Gasteiger partial charge in [0.05, 0.1) is 17.9 Å². The molecule has 3 heterocycles. The summed E-state index contributed by atoms with van der Waals surface area (Å²) in [6.07, 6.45) is 5.27. The molecule has 0 atom stereocenters. The van der Waals surface area contributed by atoms with E-state index in [4.69, 9.17) is 4.98 Å². The predicted molar refractivity (Wildman–Crippen MR) is 112 cm³/mol. The van der Waals surface area contributed by atoms with E-state index in [1.165, 1.54) is 36.8 Å². The fourth-order valence-corrected chi connectivity index (χ4v) is 5.25. The van der Waals surface area contributed by atoms with Crippen molar-refractivity contribution in [3.8, 4) is 17.0 Å². The molecular formula is C23H28N4O. The fraction of sp³-hybridized carbons (Fsp3) is 0.478. The number of aromatic hydroxyl groups is 1. The predicted octanol–water partition coefficient (Wildman–Crippen LogP) is 3.49.